The number of rotatable bonds is 7. The number of carbonyl (C=O) groups excluding carboxylic acids is 2. The van der Waals surface area contributed by atoms with Crippen LogP contribution in [0.25, 0.3) is 0 Å². The molecule has 0 saturated carbocycles. The monoisotopic (exact) mass is 558 g/mol. The molecule has 202 valence electrons. The van der Waals surface area contributed by atoms with E-state index in [1.54, 1.807) is 36.4 Å². The first-order valence-corrected chi connectivity index (χ1v) is 12.7. The lowest BCUT2D eigenvalue weighted by atomic mass is 9.85. The highest BCUT2D eigenvalue weighted by Gasteiger charge is 2.21. The first-order valence-electron chi connectivity index (χ1n) is 12.0. The summed E-state index contributed by atoms with van der Waals surface area (Å²) >= 11 is 12.4. The van der Waals surface area contributed by atoms with Gasteiger partial charge in [0.05, 0.1) is 24.3 Å². The second-order valence-corrected chi connectivity index (χ2v) is 10.3. The molecule has 0 heterocycles. The maximum absolute atomic E-state index is 12.9. The number of ether oxygens (including phenoxy) is 2. The van der Waals surface area contributed by atoms with Crippen LogP contribution in [0, 0.1) is 0 Å². The van der Waals surface area contributed by atoms with E-state index in [0.29, 0.717) is 50.7 Å². The van der Waals surface area contributed by atoms with Gasteiger partial charge in [0.25, 0.3) is 0 Å². The molecule has 8 nitrogen and oxygen atoms in total. The van der Waals surface area contributed by atoms with Gasteiger partial charge in [0.1, 0.15) is 11.5 Å². The molecule has 0 aliphatic heterocycles. The van der Waals surface area contributed by atoms with Crippen LogP contribution in [0.4, 0.5) is 32.3 Å². The van der Waals surface area contributed by atoms with Crippen molar-refractivity contribution in [2.24, 2.45) is 0 Å². The number of halogens is 2. The molecule has 3 aromatic carbocycles. The lowest BCUT2D eigenvalue weighted by Crippen LogP contribution is -2.24. The van der Waals surface area contributed by atoms with Gasteiger partial charge in [-0.15, -0.1) is 0 Å². The molecular weight excluding hydrogens is 527 g/mol. The summed E-state index contributed by atoms with van der Waals surface area (Å²) < 4.78 is 10.3. The van der Waals surface area contributed by atoms with E-state index in [-0.39, 0.29) is 5.41 Å². The Kier molecular flexibility index (Phi) is 9.36. The molecule has 0 saturated heterocycles. The van der Waals surface area contributed by atoms with Crippen LogP contribution in [-0.2, 0) is 11.8 Å². The molecule has 0 spiro atoms. The number of hydrogen-bond donors (Lipinski definition) is 4. The molecule has 0 unspecified atom stereocenters. The maximum atomic E-state index is 12.9. The normalized spacial score (nSPS) is 10.9. The van der Waals surface area contributed by atoms with Crippen molar-refractivity contribution in [3.63, 3.8) is 0 Å². The van der Waals surface area contributed by atoms with Crippen molar-refractivity contribution in [3.05, 3.63) is 69.7 Å². The van der Waals surface area contributed by atoms with E-state index in [1.807, 2.05) is 19.1 Å². The predicted octanol–water partition coefficient (Wildman–Crippen LogP) is 8.16. The quantitative estimate of drug-likeness (QED) is 0.235. The van der Waals surface area contributed by atoms with Crippen molar-refractivity contribution in [3.8, 4) is 11.5 Å². The Morgan fingerprint density at radius 2 is 1.16 bits per heavy atom. The summed E-state index contributed by atoms with van der Waals surface area (Å²) in [5.74, 6) is 1.02. The second kappa shape index (κ2) is 12.3. The Bertz CT molecular complexity index is 1250. The van der Waals surface area contributed by atoms with Crippen LogP contribution in [0.1, 0.15) is 38.8 Å². The minimum atomic E-state index is -0.449. The number of carbonyl (C=O) groups is 2. The van der Waals surface area contributed by atoms with Gasteiger partial charge < -0.3 is 30.7 Å². The van der Waals surface area contributed by atoms with Gasteiger partial charge in [0.15, 0.2) is 0 Å². The molecular formula is C28H32Cl2N4O4. The minimum absolute atomic E-state index is 0.251. The van der Waals surface area contributed by atoms with E-state index in [9.17, 15) is 9.59 Å². The zero-order chi connectivity index (χ0) is 28.0. The molecule has 3 rings (SSSR count). The molecule has 4 amide bonds. The lowest BCUT2D eigenvalue weighted by Gasteiger charge is -2.24. The van der Waals surface area contributed by atoms with E-state index < -0.39 is 12.1 Å². The maximum Gasteiger partial charge on any atom is 0.323 e. The van der Waals surface area contributed by atoms with Crippen molar-refractivity contribution in [2.45, 2.75) is 39.5 Å². The van der Waals surface area contributed by atoms with E-state index in [2.05, 4.69) is 42.0 Å². The zero-order valence-electron chi connectivity index (χ0n) is 22.2. The number of amides is 4. The smallest absolute Gasteiger partial charge is 0.323 e. The summed E-state index contributed by atoms with van der Waals surface area (Å²) in [6, 6.07) is 12.9. The number of benzene rings is 3. The summed E-state index contributed by atoms with van der Waals surface area (Å²) in [5, 5.41) is 12.2. The number of hydrogen-bond acceptors (Lipinski definition) is 4. The Morgan fingerprint density at radius 3 is 1.47 bits per heavy atom. The highest BCUT2D eigenvalue weighted by Crippen LogP contribution is 2.34. The fourth-order valence-electron chi connectivity index (χ4n) is 3.77. The molecule has 0 aromatic heterocycles. The first-order chi connectivity index (χ1) is 17.9. The molecule has 0 bridgehead atoms. The fraction of sp³-hybridized carbons (Fsp3) is 0.286. The molecule has 4 N–H and O–H groups in total. The minimum Gasteiger partial charge on any atom is -0.495 e. The third-order valence-electron chi connectivity index (χ3n) is 5.79. The summed E-state index contributed by atoms with van der Waals surface area (Å²) in [4.78, 5) is 25.8. The highest BCUT2D eigenvalue weighted by atomic mass is 35.5. The van der Waals surface area contributed by atoms with Gasteiger partial charge in [-0.25, -0.2) is 9.59 Å². The van der Waals surface area contributed by atoms with Crippen LogP contribution in [0.2, 0.25) is 10.0 Å². The van der Waals surface area contributed by atoms with E-state index in [4.69, 9.17) is 32.7 Å². The molecule has 38 heavy (non-hydrogen) atoms. The molecule has 0 aliphatic rings. The number of urea groups is 2. The lowest BCUT2D eigenvalue weighted by molar-refractivity contribution is 0.261. The van der Waals surface area contributed by atoms with Gasteiger partial charge >= 0.3 is 12.1 Å². The Labute approximate surface area is 233 Å². The average Bonchev–Trinajstić information content (AvgIpc) is 2.83. The molecule has 0 atom stereocenters. The predicted molar refractivity (Wildman–Crippen MR) is 156 cm³/mol. The van der Waals surface area contributed by atoms with Crippen LogP contribution in [0.15, 0.2) is 48.5 Å². The van der Waals surface area contributed by atoms with Gasteiger partial charge in [0, 0.05) is 22.7 Å². The van der Waals surface area contributed by atoms with Gasteiger partial charge in [-0.05, 0) is 71.5 Å². The van der Waals surface area contributed by atoms with E-state index in [0.717, 1.165) is 11.1 Å². The van der Waals surface area contributed by atoms with Gasteiger partial charge in [-0.1, -0.05) is 50.9 Å². The Hall–Kier alpha value is -3.62. The number of methoxy groups -OCH3 is 2. The van der Waals surface area contributed by atoms with Gasteiger partial charge in [-0.3, -0.25) is 0 Å². The molecule has 0 aliphatic carbocycles. The Balaban J connectivity index is 1.87. The summed E-state index contributed by atoms with van der Waals surface area (Å²) in [6.45, 7) is 8.12. The molecule has 0 fully saturated rings. The van der Waals surface area contributed by atoms with Gasteiger partial charge in [-0.2, -0.15) is 0 Å². The summed E-state index contributed by atoms with van der Waals surface area (Å²) in [7, 11) is 3.04. The van der Waals surface area contributed by atoms with Crippen molar-refractivity contribution >= 4 is 58.0 Å². The third-order valence-corrected chi connectivity index (χ3v) is 6.38. The Morgan fingerprint density at radius 1 is 0.737 bits per heavy atom. The van der Waals surface area contributed by atoms with E-state index in [1.165, 1.54) is 14.2 Å². The standard InChI is InChI=1S/C28H32Cl2N4O4/c1-7-19-22(33-26(35)31-17-8-10-24(37-5)20(29)14-17)12-16(28(2,3)4)13-23(19)34-27(36)32-18-9-11-25(38-6)21(30)15-18/h8-15H,7H2,1-6H3,(H2,31,33,35)(H2,32,34,36). The van der Waals surface area contributed by atoms with Crippen molar-refractivity contribution in [2.75, 3.05) is 35.5 Å². The fourth-order valence-corrected chi connectivity index (χ4v) is 4.28. The molecule has 0 radical (unpaired) electrons. The van der Waals surface area contributed by atoms with Crippen LogP contribution in [0.5, 0.6) is 11.5 Å². The number of anilines is 4. The largest absolute Gasteiger partial charge is 0.495 e. The second-order valence-electron chi connectivity index (χ2n) is 9.51. The van der Waals surface area contributed by atoms with E-state index >= 15 is 0 Å². The summed E-state index contributed by atoms with van der Waals surface area (Å²) in [6.07, 6.45) is 0.554. The van der Waals surface area contributed by atoms with Gasteiger partial charge in [0.2, 0.25) is 0 Å². The summed E-state index contributed by atoms with van der Waals surface area (Å²) in [5.41, 5.74) is 3.63. The first kappa shape index (κ1) is 28.9. The third kappa shape index (κ3) is 7.24. The topological polar surface area (TPSA) is 101 Å². The van der Waals surface area contributed by atoms with Crippen LogP contribution in [0.3, 0.4) is 0 Å². The number of nitrogens with one attached hydrogen (secondary N) is 4. The highest BCUT2D eigenvalue weighted by molar-refractivity contribution is 6.32. The van der Waals surface area contributed by atoms with Crippen LogP contribution >= 0.6 is 23.2 Å². The van der Waals surface area contributed by atoms with Crippen LogP contribution in [-0.4, -0.2) is 26.3 Å². The van der Waals surface area contributed by atoms with Crippen molar-refractivity contribution in [1.29, 1.82) is 0 Å². The van der Waals surface area contributed by atoms with Crippen LogP contribution < -0.4 is 30.7 Å². The average molecular weight is 559 g/mol. The molecule has 3 aromatic rings. The SMILES string of the molecule is CCc1c(NC(=O)Nc2ccc(OC)c(Cl)c2)cc(C(C)(C)C)cc1NC(=O)Nc1ccc(OC)c(Cl)c1. The van der Waals surface area contributed by atoms with Crippen molar-refractivity contribution in [1.82, 2.24) is 0 Å². The molecule has 10 heteroatoms. The van der Waals surface area contributed by atoms with Crippen molar-refractivity contribution < 1.29 is 19.1 Å². The zero-order valence-corrected chi connectivity index (χ0v) is 23.7.